The van der Waals surface area contributed by atoms with Gasteiger partial charge < -0.3 is 15.0 Å². The molecule has 0 unspecified atom stereocenters. The molecule has 1 aromatic carbocycles. The van der Waals surface area contributed by atoms with Crippen molar-refractivity contribution in [2.75, 3.05) is 19.7 Å². The normalized spacial score (nSPS) is 15.9. The number of nitrogens with zero attached hydrogens (tertiary/aromatic N) is 1. The van der Waals surface area contributed by atoms with E-state index in [1.54, 1.807) is 11.8 Å². The lowest BCUT2D eigenvalue weighted by Crippen LogP contribution is -2.46. The van der Waals surface area contributed by atoms with E-state index in [9.17, 15) is 9.59 Å². The second-order valence-electron chi connectivity index (χ2n) is 5.34. The van der Waals surface area contributed by atoms with Crippen LogP contribution in [-0.2, 0) is 20.9 Å². The first-order valence-corrected chi connectivity index (χ1v) is 7.85. The van der Waals surface area contributed by atoms with Gasteiger partial charge in [0, 0.05) is 24.5 Å². The van der Waals surface area contributed by atoms with Crippen molar-refractivity contribution in [3.63, 3.8) is 0 Å². The molecule has 22 heavy (non-hydrogen) atoms. The molecule has 1 aliphatic rings. The quantitative estimate of drug-likeness (QED) is 0.780. The van der Waals surface area contributed by atoms with Crippen LogP contribution in [0.5, 0.6) is 0 Å². The van der Waals surface area contributed by atoms with Crippen LogP contribution in [0.2, 0.25) is 5.02 Å². The van der Waals surface area contributed by atoms with E-state index in [0.29, 0.717) is 37.7 Å². The SMILES string of the molecule is C[C@@H](C(=O)NCCOCc1ccc(Cl)cc1)N1CCCC1=O. The van der Waals surface area contributed by atoms with Crippen molar-refractivity contribution in [2.24, 2.45) is 0 Å². The van der Waals surface area contributed by atoms with Crippen LogP contribution >= 0.6 is 11.6 Å². The first-order valence-electron chi connectivity index (χ1n) is 7.47. The summed E-state index contributed by atoms with van der Waals surface area (Å²) in [5.74, 6) is -0.0769. The predicted octanol–water partition coefficient (Wildman–Crippen LogP) is 1.98. The van der Waals surface area contributed by atoms with Gasteiger partial charge in [-0.25, -0.2) is 0 Å². The number of nitrogens with one attached hydrogen (secondary N) is 1. The van der Waals surface area contributed by atoms with E-state index >= 15 is 0 Å². The van der Waals surface area contributed by atoms with Crippen molar-refractivity contribution in [3.8, 4) is 0 Å². The van der Waals surface area contributed by atoms with E-state index in [0.717, 1.165) is 12.0 Å². The molecule has 1 heterocycles. The molecule has 1 fully saturated rings. The summed E-state index contributed by atoms with van der Waals surface area (Å²) in [4.78, 5) is 25.2. The molecule has 1 saturated heterocycles. The third-order valence-electron chi connectivity index (χ3n) is 3.68. The van der Waals surface area contributed by atoms with Gasteiger partial charge in [0.2, 0.25) is 11.8 Å². The van der Waals surface area contributed by atoms with Gasteiger partial charge in [-0.2, -0.15) is 0 Å². The Morgan fingerprint density at radius 3 is 2.77 bits per heavy atom. The second kappa shape index (κ2) is 8.15. The van der Waals surface area contributed by atoms with Crippen LogP contribution in [-0.4, -0.2) is 42.5 Å². The van der Waals surface area contributed by atoms with Gasteiger partial charge in [-0.3, -0.25) is 9.59 Å². The average Bonchev–Trinajstić information content (AvgIpc) is 2.94. The van der Waals surface area contributed by atoms with E-state index in [1.165, 1.54) is 0 Å². The molecule has 120 valence electrons. The van der Waals surface area contributed by atoms with Crippen LogP contribution in [0.1, 0.15) is 25.3 Å². The average molecular weight is 325 g/mol. The van der Waals surface area contributed by atoms with E-state index in [-0.39, 0.29) is 11.8 Å². The minimum absolute atomic E-state index is 0.0571. The lowest BCUT2D eigenvalue weighted by atomic mass is 10.2. The van der Waals surface area contributed by atoms with Crippen molar-refractivity contribution in [1.29, 1.82) is 0 Å². The van der Waals surface area contributed by atoms with E-state index < -0.39 is 6.04 Å². The summed E-state index contributed by atoms with van der Waals surface area (Å²) in [6.45, 7) is 3.76. The van der Waals surface area contributed by atoms with Crippen LogP contribution in [0.3, 0.4) is 0 Å². The Bertz CT molecular complexity index is 519. The van der Waals surface area contributed by atoms with Crippen molar-refractivity contribution >= 4 is 23.4 Å². The zero-order chi connectivity index (χ0) is 15.9. The topological polar surface area (TPSA) is 58.6 Å². The van der Waals surface area contributed by atoms with Crippen LogP contribution in [0, 0.1) is 0 Å². The molecule has 0 bridgehead atoms. The van der Waals surface area contributed by atoms with Crippen molar-refractivity contribution < 1.29 is 14.3 Å². The van der Waals surface area contributed by atoms with Gasteiger partial charge in [0.25, 0.3) is 0 Å². The number of carbonyl (C=O) groups is 2. The molecule has 0 radical (unpaired) electrons. The first kappa shape index (κ1) is 16.8. The number of benzene rings is 1. The summed E-state index contributed by atoms with van der Waals surface area (Å²) in [7, 11) is 0. The first-order chi connectivity index (χ1) is 10.6. The molecule has 1 aromatic rings. The number of ether oxygens (including phenoxy) is 1. The van der Waals surface area contributed by atoms with Gasteiger partial charge in [-0.1, -0.05) is 23.7 Å². The van der Waals surface area contributed by atoms with Crippen molar-refractivity contribution in [3.05, 3.63) is 34.9 Å². The van der Waals surface area contributed by atoms with Gasteiger partial charge >= 0.3 is 0 Å². The highest BCUT2D eigenvalue weighted by molar-refractivity contribution is 6.30. The molecular formula is C16H21ClN2O3. The Labute approximate surface area is 135 Å². The Morgan fingerprint density at radius 1 is 1.41 bits per heavy atom. The van der Waals surface area contributed by atoms with Crippen LogP contribution in [0.4, 0.5) is 0 Å². The van der Waals surface area contributed by atoms with Crippen LogP contribution < -0.4 is 5.32 Å². The molecular weight excluding hydrogens is 304 g/mol. The van der Waals surface area contributed by atoms with Gasteiger partial charge in [0.05, 0.1) is 13.2 Å². The molecule has 5 nitrogen and oxygen atoms in total. The number of halogens is 1. The minimum Gasteiger partial charge on any atom is -0.375 e. The fourth-order valence-electron chi connectivity index (χ4n) is 2.38. The van der Waals surface area contributed by atoms with Gasteiger partial charge in [0.15, 0.2) is 0 Å². The summed E-state index contributed by atoms with van der Waals surface area (Å²) >= 11 is 5.81. The molecule has 0 spiro atoms. The van der Waals surface area contributed by atoms with Crippen LogP contribution in [0.15, 0.2) is 24.3 Å². The Hall–Kier alpha value is -1.59. The van der Waals surface area contributed by atoms with Gasteiger partial charge in [-0.15, -0.1) is 0 Å². The summed E-state index contributed by atoms with van der Waals surface area (Å²) in [5.41, 5.74) is 1.03. The number of carbonyl (C=O) groups excluding carboxylic acids is 2. The molecule has 1 aliphatic heterocycles. The Balaban J connectivity index is 1.62. The second-order valence-corrected chi connectivity index (χ2v) is 5.77. The van der Waals surface area contributed by atoms with Crippen molar-refractivity contribution in [1.82, 2.24) is 10.2 Å². The fraction of sp³-hybridized carbons (Fsp3) is 0.500. The molecule has 0 aliphatic carbocycles. The summed E-state index contributed by atoms with van der Waals surface area (Å²) in [6.07, 6.45) is 1.38. The number of hydrogen-bond acceptors (Lipinski definition) is 3. The summed E-state index contributed by atoms with van der Waals surface area (Å²) in [6, 6.07) is 7.03. The molecule has 6 heteroatoms. The molecule has 1 atom stereocenters. The van der Waals surface area contributed by atoms with Crippen LogP contribution in [0.25, 0.3) is 0 Å². The molecule has 2 rings (SSSR count). The standard InChI is InChI=1S/C16H21ClN2O3/c1-12(19-9-2-3-15(19)20)16(21)18-8-10-22-11-13-4-6-14(17)7-5-13/h4-7,12H,2-3,8-11H2,1H3,(H,18,21)/t12-/m0/s1. The number of amides is 2. The maximum absolute atomic E-state index is 12.0. The fourth-order valence-corrected chi connectivity index (χ4v) is 2.51. The zero-order valence-electron chi connectivity index (χ0n) is 12.7. The maximum atomic E-state index is 12.0. The number of hydrogen-bond donors (Lipinski definition) is 1. The Morgan fingerprint density at radius 2 is 2.14 bits per heavy atom. The third-order valence-corrected chi connectivity index (χ3v) is 3.94. The molecule has 1 N–H and O–H groups in total. The zero-order valence-corrected chi connectivity index (χ0v) is 13.4. The predicted molar refractivity (Wildman–Crippen MR) is 84.5 cm³/mol. The highest BCUT2D eigenvalue weighted by Crippen LogP contribution is 2.13. The lowest BCUT2D eigenvalue weighted by Gasteiger charge is -2.23. The minimum atomic E-state index is -0.411. The summed E-state index contributed by atoms with van der Waals surface area (Å²) in [5, 5.41) is 3.49. The van der Waals surface area contributed by atoms with Crippen molar-refractivity contribution in [2.45, 2.75) is 32.4 Å². The monoisotopic (exact) mass is 324 g/mol. The molecule has 0 aromatic heterocycles. The maximum Gasteiger partial charge on any atom is 0.242 e. The number of likely N-dealkylation sites (tertiary alicyclic amines) is 1. The van der Waals surface area contributed by atoms with E-state index in [1.807, 2.05) is 24.3 Å². The van der Waals surface area contributed by atoms with Gasteiger partial charge in [-0.05, 0) is 31.0 Å². The summed E-state index contributed by atoms with van der Waals surface area (Å²) < 4.78 is 5.50. The largest absolute Gasteiger partial charge is 0.375 e. The number of rotatable bonds is 7. The van der Waals surface area contributed by atoms with E-state index in [2.05, 4.69) is 5.32 Å². The highest BCUT2D eigenvalue weighted by Gasteiger charge is 2.28. The third kappa shape index (κ3) is 4.71. The lowest BCUT2D eigenvalue weighted by molar-refractivity contribution is -0.136. The Kier molecular flexibility index (Phi) is 6.21. The molecule has 2 amide bonds. The van der Waals surface area contributed by atoms with E-state index in [4.69, 9.17) is 16.3 Å². The van der Waals surface area contributed by atoms with Gasteiger partial charge in [0.1, 0.15) is 6.04 Å². The molecule has 0 saturated carbocycles. The highest BCUT2D eigenvalue weighted by atomic mass is 35.5. The smallest absolute Gasteiger partial charge is 0.242 e.